The van der Waals surface area contributed by atoms with Crippen molar-refractivity contribution in [3.8, 4) is 5.75 Å². The van der Waals surface area contributed by atoms with Crippen molar-refractivity contribution in [2.45, 2.75) is 13.0 Å². The SMILES string of the molecule is NCCCNC(=O)c1ccc(CNC(=O)COc2ccc(Cl)cc2)cc1. The second-order valence-corrected chi connectivity index (χ2v) is 6.05. The van der Waals surface area contributed by atoms with Crippen molar-refractivity contribution in [2.75, 3.05) is 19.7 Å². The van der Waals surface area contributed by atoms with Crippen molar-refractivity contribution in [1.29, 1.82) is 0 Å². The minimum Gasteiger partial charge on any atom is -0.484 e. The van der Waals surface area contributed by atoms with Crippen LogP contribution in [0.2, 0.25) is 5.02 Å². The molecule has 7 heteroatoms. The molecule has 0 radical (unpaired) electrons. The van der Waals surface area contributed by atoms with E-state index in [4.69, 9.17) is 22.1 Å². The maximum atomic E-state index is 11.9. The first kappa shape index (κ1) is 19.8. The number of carbonyl (C=O) groups is 2. The maximum absolute atomic E-state index is 11.9. The number of carbonyl (C=O) groups excluding carboxylic acids is 2. The van der Waals surface area contributed by atoms with Crippen LogP contribution in [0.5, 0.6) is 5.75 Å². The molecule has 0 fully saturated rings. The van der Waals surface area contributed by atoms with Gasteiger partial charge in [-0.3, -0.25) is 9.59 Å². The highest BCUT2D eigenvalue weighted by atomic mass is 35.5. The summed E-state index contributed by atoms with van der Waals surface area (Å²) in [4.78, 5) is 23.7. The Labute approximate surface area is 157 Å². The lowest BCUT2D eigenvalue weighted by Crippen LogP contribution is -2.28. The zero-order valence-corrected chi connectivity index (χ0v) is 15.1. The molecule has 4 N–H and O–H groups in total. The highest BCUT2D eigenvalue weighted by Gasteiger charge is 2.06. The molecule has 2 aromatic carbocycles. The van der Waals surface area contributed by atoms with Gasteiger partial charge in [-0.1, -0.05) is 23.7 Å². The van der Waals surface area contributed by atoms with E-state index in [2.05, 4.69) is 10.6 Å². The Kier molecular flexibility index (Phi) is 7.92. The highest BCUT2D eigenvalue weighted by Crippen LogP contribution is 2.15. The lowest BCUT2D eigenvalue weighted by atomic mass is 10.1. The Morgan fingerprint density at radius 1 is 1.00 bits per heavy atom. The van der Waals surface area contributed by atoms with E-state index in [1.807, 2.05) is 0 Å². The van der Waals surface area contributed by atoms with E-state index in [1.165, 1.54) is 0 Å². The zero-order chi connectivity index (χ0) is 18.8. The molecule has 6 nitrogen and oxygen atoms in total. The third-order valence-electron chi connectivity index (χ3n) is 3.56. The number of rotatable bonds is 9. The van der Waals surface area contributed by atoms with Crippen molar-refractivity contribution in [3.05, 3.63) is 64.7 Å². The van der Waals surface area contributed by atoms with Gasteiger partial charge in [-0.05, 0) is 54.9 Å². The molecule has 2 rings (SSSR count). The van der Waals surface area contributed by atoms with Crippen LogP contribution < -0.4 is 21.1 Å². The van der Waals surface area contributed by atoms with E-state index in [0.29, 0.717) is 36.0 Å². The number of halogens is 1. The molecular formula is C19H22ClN3O3. The lowest BCUT2D eigenvalue weighted by molar-refractivity contribution is -0.123. The van der Waals surface area contributed by atoms with E-state index >= 15 is 0 Å². The minimum absolute atomic E-state index is 0.0801. The van der Waals surface area contributed by atoms with Crippen LogP contribution in [0.4, 0.5) is 0 Å². The monoisotopic (exact) mass is 375 g/mol. The van der Waals surface area contributed by atoms with Gasteiger partial charge in [-0.15, -0.1) is 0 Å². The average molecular weight is 376 g/mol. The Balaban J connectivity index is 1.73. The topological polar surface area (TPSA) is 93.5 Å². The van der Waals surface area contributed by atoms with Crippen LogP contribution in [0.15, 0.2) is 48.5 Å². The smallest absolute Gasteiger partial charge is 0.258 e. The van der Waals surface area contributed by atoms with Crippen molar-refractivity contribution in [3.63, 3.8) is 0 Å². The van der Waals surface area contributed by atoms with Gasteiger partial charge in [0.15, 0.2) is 6.61 Å². The van der Waals surface area contributed by atoms with Gasteiger partial charge in [0.2, 0.25) is 0 Å². The summed E-state index contributed by atoms with van der Waals surface area (Å²) in [5, 5.41) is 6.17. The predicted octanol–water partition coefficient (Wildman–Crippen LogP) is 2.11. The normalized spacial score (nSPS) is 10.2. The zero-order valence-electron chi connectivity index (χ0n) is 14.3. The number of nitrogens with one attached hydrogen (secondary N) is 2. The summed E-state index contributed by atoms with van der Waals surface area (Å²) in [7, 11) is 0. The Bertz CT molecular complexity index is 718. The molecule has 2 aromatic rings. The van der Waals surface area contributed by atoms with Gasteiger partial charge < -0.3 is 21.1 Å². The van der Waals surface area contributed by atoms with Gasteiger partial charge in [0.25, 0.3) is 11.8 Å². The van der Waals surface area contributed by atoms with Crippen LogP contribution in [-0.4, -0.2) is 31.5 Å². The molecule has 0 heterocycles. The first-order valence-electron chi connectivity index (χ1n) is 8.31. The van der Waals surface area contributed by atoms with Crippen molar-refractivity contribution < 1.29 is 14.3 Å². The molecule has 0 spiro atoms. The summed E-state index contributed by atoms with van der Waals surface area (Å²) in [5.41, 5.74) is 6.86. The number of amides is 2. The van der Waals surface area contributed by atoms with Gasteiger partial charge in [-0.25, -0.2) is 0 Å². The van der Waals surface area contributed by atoms with Crippen LogP contribution in [0.1, 0.15) is 22.3 Å². The fraction of sp³-hybridized carbons (Fsp3) is 0.263. The first-order valence-corrected chi connectivity index (χ1v) is 8.68. The molecule has 0 bridgehead atoms. The highest BCUT2D eigenvalue weighted by molar-refractivity contribution is 6.30. The number of hydrogen-bond acceptors (Lipinski definition) is 4. The van der Waals surface area contributed by atoms with Crippen LogP contribution in [-0.2, 0) is 11.3 Å². The standard InChI is InChI=1S/C19H22ClN3O3/c20-16-6-8-17(9-7-16)26-13-18(24)23-12-14-2-4-15(5-3-14)19(25)22-11-1-10-21/h2-9H,1,10-13,21H2,(H,22,25)(H,23,24). The van der Waals surface area contributed by atoms with Crippen molar-refractivity contribution in [1.82, 2.24) is 10.6 Å². The molecule has 0 aliphatic heterocycles. The van der Waals surface area contributed by atoms with Gasteiger partial charge in [0.1, 0.15) is 5.75 Å². The summed E-state index contributed by atoms with van der Waals surface area (Å²) >= 11 is 5.79. The third-order valence-corrected chi connectivity index (χ3v) is 3.81. The number of hydrogen-bond donors (Lipinski definition) is 3. The maximum Gasteiger partial charge on any atom is 0.258 e. The van der Waals surface area contributed by atoms with Crippen LogP contribution in [0, 0.1) is 0 Å². The lowest BCUT2D eigenvalue weighted by Gasteiger charge is -2.08. The second kappa shape index (κ2) is 10.4. The first-order chi connectivity index (χ1) is 12.6. The average Bonchev–Trinajstić information content (AvgIpc) is 2.66. The summed E-state index contributed by atoms with van der Waals surface area (Å²) in [6, 6.07) is 13.9. The van der Waals surface area contributed by atoms with Crippen molar-refractivity contribution in [2.24, 2.45) is 5.73 Å². The van der Waals surface area contributed by atoms with Crippen LogP contribution in [0.25, 0.3) is 0 Å². The Morgan fingerprint density at radius 3 is 2.35 bits per heavy atom. The molecule has 0 unspecified atom stereocenters. The largest absolute Gasteiger partial charge is 0.484 e. The molecule has 2 amide bonds. The summed E-state index contributed by atoms with van der Waals surface area (Å²) in [6.45, 7) is 1.38. The van der Waals surface area contributed by atoms with Gasteiger partial charge >= 0.3 is 0 Å². The van der Waals surface area contributed by atoms with E-state index in [9.17, 15) is 9.59 Å². The molecule has 138 valence electrons. The van der Waals surface area contributed by atoms with Crippen LogP contribution in [0.3, 0.4) is 0 Å². The van der Waals surface area contributed by atoms with Crippen molar-refractivity contribution >= 4 is 23.4 Å². The van der Waals surface area contributed by atoms with E-state index in [-0.39, 0.29) is 18.4 Å². The molecule has 0 aliphatic carbocycles. The molecule has 0 saturated heterocycles. The molecule has 0 saturated carbocycles. The Morgan fingerprint density at radius 2 is 1.69 bits per heavy atom. The molecule has 26 heavy (non-hydrogen) atoms. The second-order valence-electron chi connectivity index (χ2n) is 5.61. The van der Waals surface area contributed by atoms with Gasteiger partial charge in [-0.2, -0.15) is 0 Å². The van der Waals surface area contributed by atoms with E-state index in [1.54, 1.807) is 48.5 Å². The fourth-order valence-electron chi connectivity index (χ4n) is 2.11. The van der Waals surface area contributed by atoms with Gasteiger partial charge in [0, 0.05) is 23.7 Å². The quantitative estimate of drug-likeness (QED) is 0.585. The minimum atomic E-state index is -0.233. The van der Waals surface area contributed by atoms with E-state index < -0.39 is 0 Å². The molecule has 0 atom stereocenters. The van der Waals surface area contributed by atoms with Gasteiger partial charge in [0.05, 0.1) is 0 Å². The third kappa shape index (κ3) is 6.74. The number of ether oxygens (including phenoxy) is 1. The van der Waals surface area contributed by atoms with E-state index in [0.717, 1.165) is 12.0 Å². The summed E-state index contributed by atoms with van der Waals surface area (Å²) in [5.74, 6) is 0.212. The summed E-state index contributed by atoms with van der Waals surface area (Å²) in [6.07, 6.45) is 0.744. The molecule has 0 aliphatic rings. The summed E-state index contributed by atoms with van der Waals surface area (Å²) < 4.78 is 5.38. The fourth-order valence-corrected chi connectivity index (χ4v) is 2.24. The van der Waals surface area contributed by atoms with Crippen LogP contribution >= 0.6 is 11.6 Å². The number of benzene rings is 2. The molecule has 0 aromatic heterocycles. The number of nitrogens with two attached hydrogens (primary N) is 1. The molecular weight excluding hydrogens is 354 g/mol. The Hall–Kier alpha value is -2.57. The predicted molar refractivity (Wildman–Crippen MR) is 101 cm³/mol.